The predicted molar refractivity (Wildman–Crippen MR) is 86.8 cm³/mol. The Morgan fingerprint density at radius 3 is 2.61 bits per heavy atom. The van der Waals surface area contributed by atoms with Crippen molar-refractivity contribution >= 4 is 6.03 Å². The van der Waals surface area contributed by atoms with Crippen molar-refractivity contribution in [1.82, 2.24) is 15.6 Å². The van der Waals surface area contributed by atoms with Crippen LogP contribution < -0.4 is 10.6 Å². The molecule has 0 aliphatic rings. The summed E-state index contributed by atoms with van der Waals surface area (Å²) in [5.41, 5.74) is 1.66. The van der Waals surface area contributed by atoms with Crippen LogP contribution in [0.3, 0.4) is 0 Å². The number of hydrogen-bond acceptors (Lipinski definition) is 4. The van der Waals surface area contributed by atoms with Gasteiger partial charge in [-0.3, -0.25) is 0 Å². The number of benzene rings is 1. The minimum absolute atomic E-state index is 0.168. The Kier molecular flexibility index (Phi) is 5.76. The van der Waals surface area contributed by atoms with Gasteiger partial charge in [0.25, 0.3) is 0 Å². The van der Waals surface area contributed by atoms with Crippen LogP contribution in [0.15, 0.2) is 34.7 Å². The van der Waals surface area contributed by atoms with Gasteiger partial charge in [0.05, 0.1) is 18.3 Å². The summed E-state index contributed by atoms with van der Waals surface area (Å²) in [6.07, 6.45) is -0.169. The molecule has 0 spiro atoms. The van der Waals surface area contributed by atoms with Gasteiger partial charge in [-0.1, -0.05) is 30.3 Å². The minimum atomic E-state index is -0.608. The number of aryl methyl sites for hydroxylation is 2. The summed E-state index contributed by atoms with van der Waals surface area (Å²) in [6, 6.07) is 8.91. The number of hydrogen-bond donors (Lipinski definition) is 3. The van der Waals surface area contributed by atoms with Gasteiger partial charge in [-0.25, -0.2) is 9.78 Å². The van der Waals surface area contributed by atoms with Crippen LogP contribution in [0, 0.1) is 13.8 Å². The van der Waals surface area contributed by atoms with Crippen molar-refractivity contribution in [3.8, 4) is 0 Å². The molecule has 2 rings (SSSR count). The van der Waals surface area contributed by atoms with Crippen LogP contribution >= 0.6 is 0 Å². The average Bonchev–Trinajstić information content (AvgIpc) is 2.84. The highest BCUT2D eigenvalue weighted by atomic mass is 16.4. The molecule has 23 heavy (non-hydrogen) atoms. The van der Waals surface area contributed by atoms with E-state index >= 15 is 0 Å². The number of nitrogens with zero attached hydrogens (tertiary/aromatic N) is 1. The fourth-order valence-corrected chi connectivity index (χ4v) is 2.25. The molecule has 0 aliphatic carbocycles. The zero-order valence-corrected chi connectivity index (χ0v) is 13.7. The molecular formula is C17H23N3O3. The van der Waals surface area contributed by atoms with Crippen molar-refractivity contribution in [2.24, 2.45) is 0 Å². The van der Waals surface area contributed by atoms with Crippen molar-refractivity contribution in [3.63, 3.8) is 0 Å². The van der Waals surface area contributed by atoms with E-state index in [0.717, 1.165) is 17.0 Å². The van der Waals surface area contributed by atoms with Crippen LogP contribution in [0.1, 0.15) is 42.4 Å². The van der Waals surface area contributed by atoms with Crippen molar-refractivity contribution < 1.29 is 14.3 Å². The Hall–Kier alpha value is -2.34. The lowest BCUT2D eigenvalue weighted by molar-refractivity contribution is 0.154. The molecule has 1 aromatic carbocycles. The average molecular weight is 317 g/mol. The molecule has 2 aromatic rings. The molecular weight excluding hydrogens is 294 g/mol. The largest absolute Gasteiger partial charge is 0.444 e. The van der Waals surface area contributed by atoms with Crippen LogP contribution in [-0.2, 0) is 6.54 Å². The van der Waals surface area contributed by atoms with E-state index in [0.29, 0.717) is 12.3 Å². The van der Waals surface area contributed by atoms with E-state index in [1.807, 2.05) is 51.1 Å². The zero-order chi connectivity index (χ0) is 16.8. The van der Waals surface area contributed by atoms with Gasteiger partial charge in [0, 0.05) is 6.04 Å². The Morgan fingerprint density at radius 1 is 1.30 bits per heavy atom. The van der Waals surface area contributed by atoms with Gasteiger partial charge in [-0.15, -0.1) is 0 Å². The maximum absolute atomic E-state index is 11.9. The van der Waals surface area contributed by atoms with E-state index in [1.165, 1.54) is 0 Å². The molecule has 2 amide bonds. The molecule has 1 heterocycles. The molecule has 3 N–H and O–H groups in total. The van der Waals surface area contributed by atoms with Gasteiger partial charge in [-0.2, -0.15) is 0 Å². The molecule has 0 saturated heterocycles. The standard InChI is InChI=1S/C17H23N3O3/c1-11(9-15(21)14-7-5-4-6-8-14)19-17(22)18-10-16-20-12(2)13(3)23-16/h4-8,11,15,21H,9-10H2,1-3H3,(H2,18,19,22)/t11-,15+/m0/s1. The van der Waals surface area contributed by atoms with Gasteiger partial charge in [0.15, 0.2) is 0 Å². The van der Waals surface area contributed by atoms with E-state index in [2.05, 4.69) is 15.6 Å². The Morgan fingerprint density at radius 2 is 2.00 bits per heavy atom. The summed E-state index contributed by atoms with van der Waals surface area (Å²) in [4.78, 5) is 16.1. The number of aliphatic hydroxyl groups excluding tert-OH is 1. The number of amides is 2. The topological polar surface area (TPSA) is 87.4 Å². The Balaban J connectivity index is 1.76. The molecule has 124 valence electrons. The van der Waals surface area contributed by atoms with E-state index in [9.17, 15) is 9.90 Å². The highest BCUT2D eigenvalue weighted by molar-refractivity contribution is 5.74. The summed E-state index contributed by atoms with van der Waals surface area (Å²) in [5, 5.41) is 15.6. The number of nitrogens with one attached hydrogen (secondary N) is 2. The SMILES string of the molecule is Cc1nc(CNC(=O)N[C@@H](C)C[C@@H](O)c2ccccc2)oc1C. The third kappa shape index (κ3) is 5.10. The maximum Gasteiger partial charge on any atom is 0.315 e. The number of aliphatic hydroxyl groups is 1. The van der Waals surface area contributed by atoms with Gasteiger partial charge in [0.2, 0.25) is 5.89 Å². The molecule has 0 radical (unpaired) electrons. The number of urea groups is 1. The Bertz CT molecular complexity index is 620. The summed E-state index contributed by atoms with van der Waals surface area (Å²) in [7, 11) is 0. The zero-order valence-electron chi connectivity index (χ0n) is 13.7. The molecule has 0 aliphatic heterocycles. The molecule has 0 saturated carbocycles. The minimum Gasteiger partial charge on any atom is -0.444 e. The summed E-state index contributed by atoms with van der Waals surface area (Å²) in [6.45, 7) is 5.77. The molecule has 0 fully saturated rings. The number of carbonyl (C=O) groups is 1. The second-order valence-corrected chi connectivity index (χ2v) is 5.64. The quantitative estimate of drug-likeness (QED) is 0.764. The number of carbonyl (C=O) groups excluding carboxylic acids is 1. The van der Waals surface area contributed by atoms with Crippen LogP contribution in [0.25, 0.3) is 0 Å². The fraction of sp³-hybridized carbons (Fsp3) is 0.412. The first kappa shape index (κ1) is 17.0. The normalized spacial score (nSPS) is 13.4. The lowest BCUT2D eigenvalue weighted by Gasteiger charge is -2.18. The summed E-state index contributed by atoms with van der Waals surface area (Å²) < 4.78 is 5.40. The first-order valence-corrected chi connectivity index (χ1v) is 7.66. The van der Waals surface area contributed by atoms with E-state index in [1.54, 1.807) is 0 Å². The molecule has 6 heteroatoms. The van der Waals surface area contributed by atoms with Gasteiger partial charge < -0.3 is 20.2 Å². The lowest BCUT2D eigenvalue weighted by atomic mass is 10.0. The van der Waals surface area contributed by atoms with Crippen molar-refractivity contribution in [2.75, 3.05) is 0 Å². The summed E-state index contributed by atoms with van der Waals surface area (Å²) >= 11 is 0. The molecule has 0 bridgehead atoms. The smallest absolute Gasteiger partial charge is 0.315 e. The van der Waals surface area contributed by atoms with Gasteiger partial charge >= 0.3 is 6.03 Å². The summed E-state index contributed by atoms with van der Waals surface area (Å²) in [5.74, 6) is 1.23. The first-order chi connectivity index (χ1) is 11.0. The number of rotatable bonds is 6. The fourth-order valence-electron chi connectivity index (χ4n) is 2.25. The van der Waals surface area contributed by atoms with Crippen molar-refractivity contribution in [2.45, 2.75) is 45.9 Å². The molecule has 1 aromatic heterocycles. The Labute approximate surface area is 135 Å². The third-order valence-corrected chi connectivity index (χ3v) is 3.61. The number of aromatic nitrogens is 1. The van der Waals surface area contributed by atoms with Crippen LogP contribution in [0.5, 0.6) is 0 Å². The van der Waals surface area contributed by atoms with Crippen molar-refractivity contribution in [3.05, 3.63) is 53.2 Å². The van der Waals surface area contributed by atoms with Gasteiger partial charge in [-0.05, 0) is 32.8 Å². The van der Waals surface area contributed by atoms with Crippen LogP contribution in [0.4, 0.5) is 4.79 Å². The highest BCUT2D eigenvalue weighted by Gasteiger charge is 2.14. The first-order valence-electron chi connectivity index (χ1n) is 7.66. The molecule has 6 nitrogen and oxygen atoms in total. The van der Waals surface area contributed by atoms with Crippen LogP contribution in [0.2, 0.25) is 0 Å². The van der Waals surface area contributed by atoms with E-state index in [4.69, 9.17) is 4.42 Å². The highest BCUT2D eigenvalue weighted by Crippen LogP contribution is 2.17. The third-order valence-electron chi connectivity index (χ3n) is 3.61. The second kappa shape index (κ2) is 7.78. The lowest BCUT2D eigenvalue weighted by Crippen LogP contribution is -2.41. The monoisotopic (exact) mass is 317 g/mol. The van der Waals surface area contributed by atoms with Gasteiger partial charge in [0.1, 0.15) is 5.76 Å². The number of oxazole rings is 1. The molecule has 0 unspecified atom stereocenters. The molecule has 2 atom stereocenters. The van der Waals surface area contributed by atoms with E-state index in [-0.39, 0.29) is 18.6 Å². The van der Waals surface area contributed by atoms with E-state index < -0.39 is 6.10 Å². The van der Waals surface area contributed by atoms with Crippen molar-refractivity contribution in [1.29, 1.82) is 0 Å². The predicted octanol–water partition coefficient (Wildman–Crippen LogP) is 2.60. The maximum atomic E-state index is 11.9. The second-order valence-electron chi connectivity index (χ2n) is 5.64. The van der Waals surface area contributed by atoms with Crippen LogP contribution in [-0.4, -0.2) is 22.2 Å².